The molecule has 1 fully saturated rings. The maximum Gasteiger partial charge on any atom is 0.326 e. The highest BCUT2D eigenvalue weighted by molar-refractivity contribution is 5.95. The molecule has 0 aliphatic carbocycles. The van der Waals surface area contributed by atoms with Crippen LogP contribution in [0.4, 0.5) is 0 Å². The van der Waals surface area contributed by atoms with Crippen LogP contribution in [0.15, 0.2) is 43.0 Å². The van der Waals surface area contributed by atoms with E-state index in [4.69, 9.17) is 5.73 Å². The Balaban J connectivity index is 1.54. The molecule has 2 aromatic heterocycles. The van der Waals surface area contributed by atoms with Gasteiger partial charge in [-0.15, -0.1) is 0 Å². The van der Waals surface area contributed by atoms with Gasteiger partial charge in [0.05, 0.1) is 12.4 Å². The number of amides is 3. The molecule has 0 saturated carbocycles. The summed E-state index contributed by atoms with van der Waals surface area (Å²) in [6.45, 7) is 4.13. The van der Waals surface area contributed by atoms with Crippen molar-refractivity contribution in [1.29, 1.82) is 0 Å². The summed E-state index contributed by atoms with van der Waals surface area (Å²) in [6.07, 6.45) is 6.62. The van der Waals surface area contributed by atoms with E-state index in [9.17, 15) is 24.3 Å². The fourth-order valence-corrected chi connectivity index (χ4v) is 5.09. The van der Waals surface area contributed by atoms with Crippen molar-refractivity contribution < 1.29 is 24.3 Å². The predicted molar refractivity (Wildman–Crippen MR) is 148 cm³/mol. The Morgan fingerprint density at radius 1 is 1.15 bits per heavy atom. The topological polar surface area (TPSA) is 186 Å². The summed E-state index contributed by atoms with van der Waals surface area (Å²) in [5, 5.41) is 16.0. The van der Waals surface area contributed by atoms with E-state index >= 15 is 0 Å². The molecule has 0 radical (unpaired) electrons. The normalized spacial score (nSPS) is 18.2. The third kappa shape index (κ3) is 6.50. The zero-order valence-electron chi connectivity index (χ0n) is 22.7. The largest absolute Gasteiger partial charge is 0.480 e. The second-order valence-corrected chi connectivity index (χ2v) is 10.4. The molecular formula is C28H37N7O5. The van der Waals surface area contributed by atoms with Crippen LogP contribution in [-0.4, -0.2) is 79.4 Å². The standard InChI is InChI=1S/C28H37N7O5/c1-3-16(2)24(29)26(37)33-21(11-17-13-31-20-8-5-4-7-19(17)20)27(38)35-10-6-9-23(35)25(36)34-22(28(39)40)12-18-14-30-15-32-18/h4-5,7-8,13-16,21-24,31H,3,6,9-12,29H2,1-2H3,(H,30,32)(H,33,37)(H,34,36)(H,39,40). The van der Waals surface area contributed by atoms with Gasteiger partial charge in [-0.1, -0.05) is 38.5 Å². The second-order valence-electron chi connectivity index (χ2n) is 10.4. The molecule has 1 saturated heterocycles. The quantitative estimate of drug-likeness (QED) is 0.194. The van der Waals surface area contributed by atoms with Gasteiger partial charge in [0.1, 0.15) is 18.1 Å². The first-order valence-electron chi connectivity index (χ1n) is 13.6. The average Bonchev–Trinajstić information content (AvgIpc) is 3.72. The monoisotopic (exact) mass is 551 g/mol. The van der Waals surface area contributed by atoms with Crippen LogP contribution in [0, 0.1) is 5.92 Å². The smallest absolute Gasteiger partial charge is 0.326 e. The number of aromatic amines is 2. The zero-order valence-corrected chi connectivity index (χ0v) is 22.7. The molecule has 1 aromatic carbocycles. The molecule has 1 aliphatic heterocycles. The van der Waals surface area contributed by atoms with Gasteiger partial charge in [0.2, 0.25) is 17.7 Å². The molecule has 4 rings (SSSR count). The van der Waals surface area contributed by atoms with Crippen LogP contribution in [0.3, 0.4) is 0 Å². The van der Waals surface area contributed by atoms with Crippen LogP contribution in [0.2, 0.25) is 0 Å². The van der Waals surface area contributed by atoms with Gasteiger partial charge in [-0.2, -0.15) is 0 Å². The van der Waals surface area contributed by atoms with Crippen LogP contribution in [0.1, 0.15) is 44.4 Å². The summed E-state index contributed by atoms with van der Waals surface area (Å²) in [5.74, 6) is -2.67. The number of aromatic nitrogens is 3. The van der Waals surface area contributed by atoms with E-state index in [2.05, 4.69) is 25.6 Å². The van der Waals surface area contributed by atoms with Crippen LogP contribution >= 0.6 is 0 Å². The molecule has 3 heterocycles. The Bertz CT molecular complexity index is 1340. The minimum absolute atomic E-state index is 0.0223. The van der Waals surface area contributed by atoms with Gasteiger partial charge in [-0.05, 0) is 30.4 Å². The number of rotatable bonds is 12. The minimum atomic E-state index is -1.19. The van der Waals surface area contributed by atoms with Crippen LogP contribution in [-0.2, 0) is 32.0 Å². The van der Waals surface area contributed by atoms with Gasteiger partial charge in [-0.25, -0.2) is 9.78 Å². The van der Waals surface area contributed by atoms with E-state index in [1.165, 1.54) is 17.4 Å². The summed E-state index contributed by atoms with van der Waals surface area (Å²) >= 11 is 0. The third-order valence-corrected chi connectivity index (χ3v) is 7.71. The number of hydrogen-bond donors (Lipinski definition) is 6. The van der Waals surface area contributed by atoms with Crippen molar-refractivity contribution in [2.45, 2.75) is 70.1 Å². The van der Waals surface area contributed by atoms with Gasteiger partial charge in [0.15, 0.2) is 0 Å². The fraction of sp³-hybridized carbons (Fsp3) is 0.464. The number of carboxylic acid groups (broad SMARTS) is 1. The zero-order chi connectivity index (χ0) is 28.8. The first kappa shape index (κ1) is 28.8. The molecule has 3 amide bonds. The van der Waals surface area contributed by atoms with Gasteiger partial charge in [0, 0.05) is 48.4 Å². The van der Waals surface area contributed by atoms with Gasteiger partial charge >= 0.3 is 5.97 Å². The minimum Gasteiger partial charge on any atom is -0.480 e. The van der Waals surface area contributed by atoms with Crippen molar-refractivity contribution in [2.75, 3.05) is 6.54 Å². The molecule has 1 aliphatic rings. The molecule has 5 unspecified atom stereocenters. The lowest BCUT2D eigenvalue weighted by Gasteiger charge is -2.30. The number of benzene rings is 1. The Hall–Kier alpha value is -4.19. The highest BCUT2D eigenvalue weighted by atomic mass is 16.4. The number of hydrogen-bond acceptors (Lipinski definition) is 6. The number of carbonyl (C=O) groups excluding carboxylic acids is 3. The number of carboxylic acids is 1. The number of nitrogens with zero attached hydrogens (tertiary/aromatic N) is 2. The van der Waals surface area contributed by atoms with Crippen molar-refractivity contribution >= 4 is 34.6 Å². The molecule has 3 aromatic rings. The lowest BCUT2D eigenvalue weighted by Crippen LogP contribution is -2.58. The summed E-state index contributed by atoms with van der Waals surface area (Å²) in [5.41, 5.74) is 8.49. The molecule has 0 spiro atoms. The van der Waals surface area contributed by atoms with Crippen molar-refractivity contribution in [3.8, 4) is 0 Å². The number of para-hydroxylation sites is 1. The molecule has 5 atom stereocenters. The summed E-state index contributed by atoms with van der Waals surface area (Å²) < 4.78 is 0. The van der Waals surface area contributed by atoms with E-state index in [1.807, 2.05) is 44.3 Å². The predicted octanol–water partition coefficient (Wildman–Crippen LogP) is 1.09. The molecule has 12 heteroatoms. The van der Waals surface area contributed by atoms with Crippen molar-refractivity contribution in [3.05, 3.63) is 54.2 Å². The highest BCUT2D eigenvalue weighted by Gasteiger charge is 2.39. The van der Waals surface area contributed by atoms with E-state index in [1.54, 1.807) is 0 Å². The maximum absolute atomic E-state index is 13.9. The molecular weight excluding hydrogens is 514 g/mol. The highest BCUT2D eigenvalue weighted by Crippen LogP contribution is 2.23. The number of imidazole rings is 1. The van der Waals surface area contributed by atoms with E-state index in [0.717, 1.165) is 16.5 Å². The number of fused-ring (bicyclic) bond motifs is 1. The molecule has 12 nitrogen and oxygen atoms in total. The van der Waals surface area contributed by atoms with Crippen molar-refractivity contribution in [3.63, 3.8) is 0 Å². The number of H-pyrrole nitrogens is 2. The number of carbonyl (C=O) groups is 4. The molecule has 40 heavy (non-hydrogen) atoms. The van der Waals surface area contributed by atoms with Crippen molar-refractivity contribution in [2.24, 2.45) is 11.7 Å². The van der Waals surface area contributed by atoms with Crippen LogP contribution in [0.25, 0.3) is 10.9 Å². The van der Waals surface area contributed by atoms with Crippen LogP contribution in [0.5, 0.6) is 0 Å². The average molecular weight is 552 g/mol. The molecule has 0 bridgehead atoms. The van der Waals surface area contributed by atoms with Gasteiger partial charge in [0.25, 0.3) is 0 Å². The Morgan fingerprint density at radius 2 is 1.93 bits per heavy atom. The first-order valence-corrected chi connectivity index (χ1v) is 13.6. The molecule has 214 valence electrons. The Labute approximate surface area is 232 Å². The van der Waals surface area contributed by atoms with E-state index in [-0.39, 0.29) is 18.8 Å². The SMILES string of the molecule is CCC(C)C(N)C(=O)NC(Cc1c[nH]c2ccccc12)C(=O)N1CCCC1C(=O)NC(Cc1cnc[nH]1)C(=O)O. The fourth-order valence-electron chi connectivity index (χ4n) is 5.09. The number of aliphatic carboxylic acids is 1. The molecule has 7 N–H and O–H groups in total. The summed E-state index contributed by atoms with van der Waals surface area (Å²) in [6, 6.07) is 3.86. The lowest BCUT2D eigenvalue weighted by atomic mass is 9.98. The Kier molecular flexibility index (Phi) is 9.20. The first-order chi connectivity index (χ1) is 19.2. The van der Waals surface area contributed by atoms with Crippen molar-refractivity contribution in [1.82, 2.24) is 30.5 Å². The number of likely N-dealkylation sites (tertiary alicyclic amines) is 1. The van der Waals surface area contributed by atoms with E-state index in [0.29, 0.717) is 31.5 Å². The van der Waals surface area contributed by atoms with Gasteiger partial charge < -0.3 is 36.3 Å². The lowest BCUT2D eigenvalue weighted by molar-refractivity contribution is -0.145. The second kappa shape index (κ2) is 12.8. The third-order valence-electron chi connectivity index (χ3n) is 7.71. The van der Waals surface area contributed by atoms with Gasteiger partial charge in [-0.3, -0.25) is 14.4 Å². The summed E-state index contributed by atoms with van der Waals surface area (Å²) in [4.78, 5) is 63.5. The van der Waals surface area contributed by atoms with E-state index < -0.39 is 47.9 Å². The maximum atomic E-state index is 13.9. The number of nitrogens with one attached hydrogen (secondary N) is 4. The summed E-state index contributed by atoms with van der Waals surface area (Å²) in [7, 11) is 0. The number of nitrogens with two attached hydrogens (primary N) is 1. The Morgan fingerprint density at radius 3 is 2.62 bits per heavy atom. The van der Waals surface area contributed by atoms with Crippen LogP contribution < -0.4 is 16.4 Å².